The Hall–Kier alpha value is -2.30. The van der Waals surface area contributed by atoms with Crippen molar-refractivity contribution in [2.24, 2.45) is 10.1 Å². The number of fused-ring (bicyclic) bond motifs is 1. The van der Waals surface area contributed by atoms with E-state index in [1.807, 2.05) is 0 Å². The first-order chi connectivity index (χ1) is 14.5. The van der Waals surface area contributed by atoms with E-state index >= 15 is 0 Å². The van der Waals surface area contributed by atoms with Crippen LogP contribution in [0.4, 0.5) is 4.39 Å². The molecule has 3 heterocycles. The minimum atomic E-state index is -1.26. The van der Waals surface area contributed by atoms with Crippen LogP contribution in [0.2, 0.25) is 5.02 Å². The molecule has 5 atom stereocenters. The highest BCUT2D eigenvalue weighted by molar-refractivity contribution is 6.30. The Labute approximate surface area is 177 Å². The van der Waals surface area contributed by atoms with Gasteiger partial charge in [-0.25, -0.2) is 9.38 Å². The van der Waals surface area contributed by atoms with E-state index in [1.54, 1.807) is 29.1 Å². The van der Waals surface area contributed by atoms with E-state index in [9.17, 15) is 14.6 Å². The maximum absolute atomic E-state index is 13.9. The zero-order valence-electron chi connectivity index (χ0n) is 16.3. The summed E-state index contributed by atoms with van der Waals surface area (Å²) >= 11 is 5.76. The first-order valence-corrected chi connectivity index (χ1v) is 9.67. The van der Waals surface area contributed by atoms with Crippen LogP contribution in [0.5, 0.6) is 0 Å². The molecule has 0 radical (unpaired) electrons. The van der Waals surface area contributed by atoms with Crippen molar-refractivity contribution in [1.82, 2.24) is 4.57 Å². The molecule has 4 rings (SSSR count). The Morgan fingerprint density at radius 3 is 2.80 bits per heavy atom. The Bertz CT molecular complexity index is 995. The average molecular weight is 438 g/mol. The van der Waals surface area contributed by atoms with Crippen molar-refractivity contribution >= 4 is 23.7 Å². The van der Waals surface area contributed by atoms with Crippen LogP contribution in [-0.2, 0) is 20.7 Å². The van der Waals surface area contributed by atoms with E-state index in [0.29, 0.717) is 17.8 Å². The third kappa shape index (κ3) is 3.52. The van der Waals surface area contributed by atoms with Crippen molar-refractivity contribution in [1.29, 1.82) is 0 Å². The summed E-state index contributed by atoms with van der Waals surface area (Å²) < 4.78 is 27.2. The highest BCUT2D eigenvalue weighted by atomic mass is 35.5. The molecule has 0 spiro atoms. The minimum Gasteiger partial charge on any atom is -0.397 e. The summed E-state index contributed by atoms with van der Waals surface area (Å²) in [5, 5.41) is 25.3. The molecule has 2 N–H and O–H groups in total. The number of amidine groups is 1. The molecule has 1 aromatic heterocycles. The first-order valence-electron chi connectivity index (χ1n) is 9.29. The van der Waals surface area contributed by atoms with Crippen LogP contribution in [0, 0.1) is 5.82 Å². The zero-order chi connectivity index (χ0) is 21.4. The molecule has 0 aliphatic carbocycles. The number of benzene rings is 1. The second-order valence-electron chi connectivity index (χ2n) is 7.00. The normalized spacial score (nSPS) is 28.0. The molecule has 0 bridgehead atoms. The Morgan fingerprint density at radius 2 is 2.10 bits per heavy atom. The number of hydrogen-bond acceptors (Lipinski definition) is 6. The summed E-state index contributed by atoms with van der Waals surface area (Å²) in [4.78, 5) is 9.04. The predicted octanol–water partition coefficient (Wildman–Crippen LogP) is 2.22. The van der Waals surface area contributed by atoms with Crippen LogP contribution in [-0.4, -0.2) is 59.4 Å². The molecular formula is C20H21ClFN3O5. The molecule has 10 heteroatoms. The minimum absolute atomic E-state index is 0.0198. The van der Waals surface area contributed by atoms with Crippen LogP contribution in [0.1, 0.15) is 29.2 Å². The Kier molecular flexibility index (Phi) is 5.90. The standard InChI is InChI=1S/C20H21ClFN3O5/c1-28-17(10-3-4-12(21)13(22)9-10)18-15(26)16(27)20(30-18)25-8-6-11-14(25)5-7-23-19(11)24-29-2/h3-4,6-9,15-18,20,26-27H,5H2,1-2H3/b24-19-/t15-,16+,17+,18-,20+/m0/s1. The lowest BCUT2D eigenvalue weighted by Crippen LogP contribution is -2.35. The fraction of sp³-hybridized carbons (Fsp3) is 0.400. The number of halogens is 2. The summed E-state index contributed by atoms with van der Waals surface area (Å²) in [5.74, 6) is -0.196. The van der Waals surface area contributed by atoms with E-state index in [-0.39, 0.29) is 5.02 Å². The molecule has 1 aromatic carbocycles. The summed E-state index contributed by atoms with van der Waals surface area (Å²) in [6.45, 7) is 0. The molecule has 1 saturated heterocycles. The van der Waals surface area contributed by atoms with Gasteiger partial charge in [-0.15, -0.1) is 0 Å². The van der Waals surface area contributed by atoms with E-state index < -0.39 is 36.5 Å². The number of rotatable bonds is 5. The number of ether oxygens (including phenoxy) is 2. The zero-order valence-corrected chi connectivity index (χ0v) is 17.0. The number of aliphatic hydroxyl groups is 2. The van der Waals surface area contributed by atoms with Gasteiger partial charge < -0.3 is 29.1 Å². The lowest BCUT2D eigenvalue weighted by atomic mass is 9.99. The number of aliphatic imine (C=N–C) groups is 1. The summed E-state index contributed by atoms with van der Waals surface area (Å²) in [6.07, 6.45) is -1.21. The SMILES string of the molecule is CO/N=C1\N=CCc2c1ccn2[C@@H]1O[C@H]([C@H](OC)c2ccc(Cl)c(F)c2)[C@@H](O)[C@H]1O. The van der Waals surface area contributed by atoms with E-state index in [0.717, 1.165) is 11.3 Å². The van der Waals surface area contributed by atoms with Crippen LogP contribution in [0.25, 0.3) is 0 Å². The largest absolute Gasteiger partial charge is 0.397 e. The van der Waals surface area contributed by atoms with Gasteiger partial charge in [0, 0.05) is 37.2 Å². The van der Waals surface area contributed by atoms with E-state index in [4.69, 9.17) is 25.9 Å². The van der Waals surface area contributed by atoms with Gasteiger partial charge in [0.25, 0.3) is 0 Å². The van der Waals surface area contributed by atoms with Crippen LogP contribution >= 0.6 is 11.6 Å². The van der Waals surface area contributed by atoms with Gasteiger partial charge in [0.1, 0.15) is 37.3 Å². The molecular weight excluding hydrogens is 417 g/mol. The van der Waals surface area contributed by atoms with Crippen molar-refractivity contribution in [3.63, 3.8) is 0 Å². The molecule has 1 fully saturated rings. The molecule has 2 aliphatic heterocycles. The van der Waals surface area contributed by atoms with Crippen LogP contribution < -0.4 is 0 Å². The second-order valence-corrected chi connectivity index (χ2v) is 7.41. The van der Waals surface area contributed by atoms with Crippen molar-refractivity contribution in [3.8, 4) is 0 Å². The summed E-state index contributed by atoms with van der Waals surface area (Å²) in [7, 11) is 2.86. The maximum atomic E-state index is 13.9. The summed E-state index contributed by atoms with van der Waals surface area (Å²) in [5.41, 5.74) is 1.99. The van der Waals surface area contributed by atoms with Crippen LogP contribution in [0.15, 0.2) is 40.6 Å². The van der Waals surface area contributed by atoms with Crippen molar-refractivity contribution in [2.45, 2.75) is 37.1 Å². The van der Waals surface area contributed by atoms with Gasteiger partial charge in [-0.05, 0) is 23.8 Å². The molecule has 0 unspecified atom stereocenters. The van der Waals surface area contributed by atoms with Gasteiger partial charge in [-0.3, -0.25) is 0 Å². The molecule has 30 heavy (non-hydrogen) atoms. The lowest BCUT2D eigenvalue weighted by molar-refractivity contribution is -0.0988. The van der Waals surface area contributed by atoms with Gasteiger partial charge >= 0.3 is 0 Å². The molecule has 0 amide bonds. The highest BCUT2D eigenvalue weighted by Gasteiger charge is 2.48. The van der Waals surface area contributed by atoms with Gasteiger partial charge in [0.05, 0.1) is 5.02 Å². The second kappa shape index (κ2) is 8.44. The fourth-order valence-corrected chi connectivity index (χ4v) is 4.02. The van der Waals surface area contributed by atoms with Crippen molar-refractivity contribution in [2.75, 3.05) is 14.2 Å². The third-order valence-electron chi connectivity index (χ3n) is 5.32. The van der Waals surface area contributed by atoms with E-state index in [1.165, 1.54) is 26.4 Å². The van der Waals surface area contributed by atoms with Gasteiger partial charge in [0.2, 0.25) is 0 Å². The lowest BCUT2D eigenvalue weighted by Gasteiger charge is -2.25. The fourth-order valence-electron chi connectivity index (χ4n) is 3.90. The molecule has 0 saturated carbocycles. The van der Waals surface area contributed by atoms with Crippen molar-refractivity contribution < 1.29 is 28.9 Å². The Morgan fingerprint density at radius 1 is 1.30 bits per heavy atom. The molecule has 2 aliphatic rings. The third-order valence-corrected chi connectivity index (χ3v) is 5.62. The first kappa shape index (κ1) is 21.0. The quantitative estimate of drug-likeness (QED) is 0.699. The van der Waals surface area contributed by atoms with Crippen LogP contribution in [0.3, 0.4) is 0 Å². The number of methoxy groups -OCH3 is 1. The highest BCUT2D eigenvalue weighted by Crippen LogP contribution is 2.39. The number of hydrogen-bond donors (Lipinski definition) is 2. The summed E-state index contributed by atoms with van der Waals surface area (Å²) in [6, 6.07) is 6.03. The van der Waals surface area contributed by atoms with E-state index in [2.05, 4.69) is 10.1 Å². The molecule has 160 valence electrons. The van der Waals surface area contributed by atoms with Crippen molar-refractivity contribution in [3.05, 3.63) is 58.1 Å². The maximum Gasteiger partial charge on any atom is 0.200 e. The monoisotopic (exact) mass is 437 g/mol. The Balaban J connectivity index is 1.64. The molecule has 8 nitrogen and oxygen atoms in total. The van der Waals surface area contributed by atoms with Gasteiger partial charge in [-0.2, -0.15) is 0 Å². The predicted molar refractivity (Wildman–Crippen MR) is 107 cm³/mol. The van der Waals surface area contributed by atoms with Gasteiger partial charge in [-0.1, -0.05) is 22.8 Å². The number of aliphatic hydroxyl groups excluding tert-OH is 2. The topological polar surface area (TPSA) is 97.8 Å². The smallest absolute Gasteiger partial charge is 0.200 e. The number of nitrogens with zero attached hydrogens (tertiary/aromatic N) is 3. The van der Waals surface area contributed by atoms with Gasteiger partial charge in [0.15, 0.2) is 12.1 Å². The average Bonchev–Trinajstić information content (AvgIpc) is 3.28. The molecule has 2 aromatic rings. The number of oxime groups is 1. The number of aromatic nitrogens is 1.